The molecule has 6 heteroatoms. The quantitative estimate of drug-likeness (QED) is 0.507. The molecule has 180 valence electrons. The number of hydrogen-bond acceptors (Lipinski definition) is 4. The Morgan fingerprint density at radius 1 is 1.09 bits per heavy atom. The maximum absolute atomic E-state index is 13.2. The molecule has 1 fully saturated rings. The zero-order chi connectivity index (χ0) is 24.2. The third kappa shape index (κ3) is 5.49. The first-order valence-corrected chi connectivity index (χ1v) is 12.4. The number of rotatable bonds is 7. The molecule has 0 spiro atoms. The van der Waals surface area contributed by atoms with Gasteiger partial charge < -0.3 is 14.6 Å². The van der Waals surface area contributed by atoms with E-state index in [1.54, 1.807) is 0 Å². The summed E-state index contributed by atoms with van der Waals surface area (Å²) in [5.74, 6) is 1.55. The molecule has 2 heterocycles. The molecule has 1 N–H and O–H groups in total. The van der Waals surface area contributed by atoms with Crippen LogP contribution >= 0.6 is 0 Å². The molecule has 1 aliphatic rings. The lowest BCUT2D eigenvalue weighted by atomic mass is 9.84. The van der Waals surface area contributed by atoms with E-state index in [0.717, 1.165) is 31.4 Å². The second kappa shape index (κ2) is 10.4. The van der Waals surface area contributed by atoms with Crippen molar-refractivity contribution in [2.24, 2.45) is 17.8 Å². The van der Waals surface area contributed by atoms with Gasteiger partial charge in [-0.3, -0.25) is 9.59 Å². The Kier molecular flexibility index (Phi) is 7.35. The van der Waals surface area contributed by atoms with E-state index in [-0.39, 0.29) is 17.7 Å². The Labute approximate surface area is 201 Å². The van der Waals surface area contributed by atoms with Crippen LogP contribution in [0.25, 0.3) is 22.6 Å². The molecule has 3 aromatic rings. The number of likely N-dealkylation sites (tertiary alicyclic amines) is 1. The number of benzene rings is 2. The van der Waals surface area contributed by atoms with Crippen LogP contribution in [0.3, 0.4) is 0 Å². The van der Waals surface area contributed by atoms with Gasteiger partial charge in [-0.15, -0.1) is 0 Å². The van der Waals surface area contributed by atoms with E-state index in [0.29, 0.717) is 47.5 Å². The van der Waals surface area contributed by atoms with Crippen LogP contribution in [0.1, 0.15) is 56.0 Å². The molecule has 1 aliphatic heterocycles. The largest absolute Gasteiger partial charge is 0.436 e. The first-order valence-electron chi connectivity index (χ1n) is 12.4. The summed E-state index contributed by atoms with van der Waals surface area (Å²) < 4.78 is 5.90. The van der Waals surface area contributed by atoms with Gasteiger partial charge in [0.2, 0.25) is 11.8 Å². The maximum atomic E-state index is 13.2. The van der Waals surface area contributed by atoms with Crippen LogP contribution in [-0.2, 0) is 4.79 Å². The average molecular weight is 462 g/mol. The second-order valence-electron chi connectivity index (χ2n) is 9.96. The molecule has 34 heavy (non-hydrogen) atoms. The summed E-state index contributed by atoms with van der Waals surface area (Å²) in [7, 11) is 0. The van der Waals surface area contributed by atoms with Crippen molar-refractivity contribution in [3.05, 3.63) is 53.6 Å². The zero-order valence-corrected chi connectivity index (χ0v) is 20.6. The lowest BCUT2D eigenvalue weighted by Gasteiger charge is -2.34. The molecule has 1 saturated heterocycles. The smallest absolute Gasteiger partial charge is 0.253 e. The van der Waals surface area contributed by atoms with Gasteiger partial charge in [-0.05, 0) is 68.4 Å². The fourth-order valence-electron chi connectivity index (χ4n) is 4.52. The molecule has 2 amide bonds. The standard InChI is InChI=1S/C28H35N3O3/c1-18(2)11-14-29-26(32)20(4)21-12-15-31(16-13-21)28(33)23-9-10-25-24(17-23)30-27(34-25)22-7-5-19(3)6-8-22/h5-10,17-18,20-21H,11-16H2,1-4H3,(H,29,32)/t20-/m1/s1. The molecule has 1 aromatic heterocycles. The number of nitrogens with one attached hydrogen (secondary N) is 1. The first-order chi connectivity index (χ1) is 16.3. The highest BCUT2D eigenvalue weighted by Gasteiger charge is 2.30. The van der Waals surface area contributed by atoms with Gasteiger partial charge in [0.15, 0.2) is 5.58 Å². The number of oxazole rings is 1. The third-order valence-corrected chi connectivity index (χ3v) is 6.90. The Morgan fingerprint density at radius 2 is 1.79 bits per heavy atom. The van der Waals surface area contributed by atoms with Gasteiger partial charge in [0.25, 0.3) is 5.91 Å². The zero-order valence-electron chi connectivity index (χ0n) is 20.6. The highest BCUT2D eigenvalue weighted by Crippen LogP contribution is 2.28. The van der Waals surface area contributed by atoms with Crippen LogP contribution in [0.4, 0.5) is 0 Å². The van der Waals surface area contributed by atoms with Crippen molar-refractivity contribution in [3.8, 4) is 11.5 Å². The van der Waals surface area contributed by atoms with E-state index in [1.807, 2.05) is 61.2 Å². The minimum Gasteiger partial charge on any atom is -0.436 e. The highest BCUT2D eigenvalue weighted by atomic mass is 16.3. The summed E-state index contributed by atoms with van der Waals surface area (Å²) in [5.41, 5.74) is 4.07. The van der Waals surface area contributed by atoms with Crippen molar-refractivity contribution in [1.29, 1.82) is 0 Å². The predicted molar refractivity (Wildman–Crippen MR) is 134 cm³/mol. The number of amides is 2. The van der Waals surface area contributed by atoms with Crippen LogP contribution in [0.15, 0.2) is 46.9 Å². The minimum atomic E-state index is -0.0314. The summed E-state index contributed by atoms with van der Waals surface area (Å²) in [6.45, 7) is 10.4. The van der Waals surface area contributed by atoms with Crippen LogP contribution in [0.2, 0.25) is 0 Å². The fraction of sp³-hybridized carbons (Fsp3) is 0.464. The van der Waals surface area contributed by atoms with Gasteiger partial charge >= 0.3 is 0 Å². The summed E-state index contributed by atoms with van der Waals surface area (Å²) in [6, 6.07) is 13.5. The van der Waals surface area contributed by atoms with Crippen molar-refractivity contribution < 1.29 is 14.0 Å². The number of carbonyl (C=O) groups excluding carboxylic acids is 2. The molecule has 4 rings (SSSR count). The van der Waals surface area contributed by atoms with Crippen molar-refractivity contribution >= 4 is 22.9 Å². The van der Waals surface area contributed by atoms with Crippen molar-refractivity contribution in [2.45, 2.75) is 47.0 Å². The van der Waals surface area contributed by atoms with Gasteiger partial charge in [-0.25, -0.2) is 4.98 Å². The molecule has 0 bridgehead atoms. The molecule has 1 atom stereocenters. The Balaban J connectivity index is 1.36. The van der Waals surface area contributed by atoms with Gasteiger partial charge in [0, 0.05) is 36.7 Å². The van der Waals surface area contributed by atoms with E-state index in [1.165, 1.54) is 5.56 Å². The van der Waals surface area contributed by atoms with E-state index in [2.05, 4.69) is 24.1 Å². The molecule has 0 radical (unpaired) electrons. The number of hydrogen-bond donors (Lipinski definition) is 1. The van der Waals surface area contributed by atoms with Gasteiger partial charge in [-0.2, -0.15) is 0 Å². The number of piperidine rings is 1. The SMILES string of the molecule is Cc1ccc(-c2nc3cc(C(=O)N4CCC([C@@H](C)C(=O)NCCC(C)C)CC4)ccc3o2)cc1. The second-order valence-corrected chi connectivity index (χ2v) is 9.96. The van der Waals surface area contributed by atoms with Crippen molar-refractivity contribution in [1.82, 2.24) is 15.2 Å². The Hall–Kier alpha value is -3.15. The van der Waals surface area contributed by atoms with E-state index >= 15 is 0 Å². The molecule has 0 saturated carbocycles. The molecule has 0 unspecified atom stereocenters. The summed E-state index contributed by atoms with van der Waals surface area (Å²) in [5, 5.41) is 3.07. The average Bonchev–Trinajstić information content (AvgIpc) is 3.26. The third-order valence-electron chi connectivity index (χ3n) is 6.90. The topological polar surface area (TPSA) is 75.4 Å². The maximum Gasteiger partial charge on any atom is 0.253 e. The van der Waals surface area contributed by atoms with Gasteiger partial charge in [0.1, 0.15) is 5.52 Å². The van der Waals surface area contributed by atoms with E-state index in [9.17, 15) is 9.59 Å². The molecule has 6 nitrogen and oxygen atoms in total. The highest BCUT2D eigenvalue weighted by molar-refractivity contribution is 5.97. The Bertz CT molecular complexity index is 1140. The van der Waals surface area contributed by atoms with Crippen LogP contribution in [-0.4, -0.2) is 41.3 Å². The number of nitrogens with zero attached hydrogens (tertiary/aromatic N) is 2. The number of aryl methyl sites for hydroxylation is 1. The molecular weight excluding hydrogens is 426 g/mol. The van der Waals surface area contributed by atoms with E-state index in [4.69, 9.17) is 4.42 Å². The molecule has 0 aliphatic carbocycles. The van der Waals surface area contributed by atoms with Gasteiger partial charge in [-0.1, -0.05) is 38.5 Å². The van der Waals surface area contributed by atoms with Crippen molar-refractivity contribution in [3.63, 3.8) is 0 Å². The number of aromatic nitrogens is 1. The Morgan fingerprint density at radius 3 is 2.47 bits per heavy atom. The molecular formula is C28H35N3O3. The minimum absolute atomic E-state index is 0.00859. The van der Waals surface area contributed by atoms with Crippen molar-refractivity contribution in [2.75, 3.05) is 19.6 Å². The lowest BCUT2D eigenvalue weighted by molar-refractivity contribution is -0.126. The van der Waals surface area contributed by atoms with E-state index < -0.39 is 0 Å². The fourth-order valence-corrected chi connectivity index (χ4v) is 4.52. The summed E-state index contributed by atoms with van der Waals surface area (Å²) in [6.07, 6.45) is 2.68. The predicted octanol–water partition coefficient (Wildman–Crippen LogP) is 5.45. The monoisotopic (exact) mass is 461 g/mol. The number of fused-ring (bicyclic) bond motifs is 1. The number of carbonyl (C=O) groups is 2. The van der Waals surface area contributed by atoms with Crippen LogP contribution in [0, 0.1) is 24.7 Å². The van der Waals surface area contributed by atoms with Gasteiger partial charge in [0.05, 0.1) is 0 Å². The molecule has 2 aromatic carbocycles. The van der Waals surface area contributed by atoms with Crippen LogP contribution in [0.5, 0.6) is 0 Å². The van der Waals surface area contributed by atoms with Crippen LogP contribution < -0.4 is 5.32 Å². The normalized spacial score (nSPS) is 15.6. The first kappa shape index (κ1) is 24.0. The lowest BCUT2D eigenvalue weighted by Crippen LogP contribution is -2.42. The summed E-state index contributed by atoms with van der Waals surface area (Å²) in [4.78, 5) is 32.2. The summed E-state index contributed by atoms with van der Waals surface area (Å²) >= 11 is 0.